The van der Waals surface area contributed by atoms with Crippen molar-refractivity contribution >= 4 is 5.78 Å². The van der Waals surface area contributed by atoms with Crippen LogP contribution >= 0.6 is 0 Å². The van der Waals surface area contributed by atoms with Crippen LogP contribution < -0.4 is 0 Å². The van der Waals surface area contributed by atoms with Gasteiger partial charge in [0.1, 0.15) is 11.6 Å². The maximum absolute atomic E-state index is 13.5. The summed E-state index contributed by atoms with van der Waals surface area (Å²) in [6.45, 7) is 6.41. The summed E-state index contributed by atoms with van der Waals surface area (Å²) in [5, 5.41) is 0. The van der Waals surface area contributed by atoms with Gasteiger partial charge in [0, 0.05) is 12.1 Å². The summed E-state index contributed by atoms with van der Waals surface area (Å²) >= 11 is 0. The van der Waals surface area contributed by atoms with Crippen molar-refractivity contribution in [1.82, 2.24) is 4.90 Å². The van der Waals surface area contributed by atoms with Crippen LogP contribution in [-0.4, -0.2) is 30.3 Å². The quantitative estimate of drug-likeness (QED) is 0.736. The van der Waals surface area contributed by atoms with Gasteiger partial charge in [-0.2, -0.15) is 0 Å². The Morgan fingerprint density at radius 1 is 1.26 bits per heavy atom. The van der Waals surface area contributed by atoms with Gasteiger partial charge in [0.15, 0.2) is 5.78 Å². The van der Waals surface area contributed by atoms with Crippen molar-refractivity contribution in [1.29, 1.82) is 0 Å². The summed E-state index contributed by atoms with van der Waals surface area (Å²) in [5.74, 6) is -1.25. The van der Waals surface area contributed by atoms with E-state index in [1.165, 1.54) is 6.07 Å². The number of hydrogen-bond acceptors (Lipinski definition) is 2. The molecule has 0 heterocycles. The Kier molecular flexibility index (Phi) is 5.60. The molecule has 0 aliphatic rings. The Balaban J connectivity index is 2.68. The highest BCUT2D eigenvalue weighted by Gasteiger charge is 2.18. The van der Waals surface area contributed by atoms with Crippen LogP contribution in [0.2, 0.25) is 0 Å². The van der Waals surface area contributed by atoms with E-state index in [-0.39, 0.29) is 23.9 Å². The molecule has 1 rings (SSSR count). The fourth-order valence-corrected chi connectivity index (χ4v) is 2.05. The molecule has 0 amide bonds. The number of halogens is 2. The number of benzene rings is 1. The van der Waals surface area contributed by atoms with Gasteiger partial charge in [0.05, 0.1) is 12.1 Å². The van der Waals surface area contributed by atoms with Crippen LogP contribution in [0.15, 0.2) is 18.2 Å². The largest absolute Gasteiger partial charge is 0.296 e. The number of hydrogen-bond donors (Lipinski definition) is 0. The molecule has 0 aromatic heterocycles. The van der Waals surface area contributed by atoms with Crippen molar-refractivity contribution in [3.8, 4) is 0 Å². The van der Waals surface area contributed by atoms with E-state index in [1.54, 1.807) is 0 Å². The van der Waals surface area contributed by atoms with Gasteiger partial charge in [0.25, 0.3) is 0 Å². The highest BCUT2D eigenvalue weighted by atomic mass is 19.1. The van der Waals surface area contributed by atoms with Gasteiger partial charge >= 0.3 is 0 Å². The van der Waals surface area contributed by atoms with Crippen LogP contribution in [0.5, 0.6) is 0 Å². The van der Waals surface area contributed by atoms with Crippen molar-refractivity contribution in [2.45, 2.75) is 33.2 Å². The van der Waals surface area contributed by atoms with Crippen molar-refractivity contribution in [2.24, 2.45) is 5.92 Å². The Labute approximate surface area is 113 Å². The summed E-state index contributed by atoms with van der Waals surface area (Å²) in [5.41, 5.74) is -0.0509. The van der Waals surface area contributed by atoms with Crippen molar-refractivity contribution in [3.63, 3.8) is 0 Å². The van der Waals surface area contributed by atoms with Gasteiger partial charge < -0.3 is 0 Å². The van der Waals surface area contributed by atoms with Crippen LogP contribution in [0.1, 0.15) is 37.6 Å². The zero-order valence-corrected chi connectivity index (χ0v) is 11.9. The topological polar surface area (TPSA) is 20.3 Å². The van der Waals surface area contributed by atoms with Gasteiger partial charge in [-0.25, -0.2) is 8.78 Å². The molecular weight excluding hydrogens is 248 g/mol. The number of ketones is 1. The SMILES string of the molecule is CC(C)CC(C)N(C)CC(=O)c1ccc(F)cc1F. The molecule has 0 saturated heterocycles. The third kappa shape index (κ3) is 4.71. The van der Waals surface area contributed by atoms with Crippen molar-refractivity contribution in [2.75, 3.05) is 13.6 Å². The minimum absolute atomic E-state index is 0.0509. The van der Waals surface area contributed by atoms with Crippen LogP contribution in [0.3, 0.4) is 0 Å². The normalized spacial score (nSPS) is 13.1. The summed E-state index contributed by atoms with van der Waals surface area (Å²) in [7, 11) is 1.84. The lowest BCUT2D eigenvalue weighted by atomic mass is 10.0. The second-order valence-electron chi connectivity index (χ2n) is 5.44. The number of nitrogens with zero attached hydrogens (tertiary/aromatic N) is 1. The second kappa shape index (κ2) is 6.75. The minimum Gasteiger partial charge on any atom is -0.296 e. The summed E-state index contributed by atoms with van der Waals surface area (Å²) in [4.78, 5) is 13.9. The number of likely N-dealkylation sites (N-methyl/N-ethyl adjacent to an activating group) is 1. The van der Waals surface area contributed by atoms with E-state index < -0.39 is 11.6 Å². The molecule has 1 atom stereocenters. The maximum Gasteiger partial charge on any atom is 0.179 e. The monoisotopic (exact) mass is 269 g/mol. The Morgan fingerprint density at radius 3 is 2.42 bits per heavy atom. The van der Waals surface area contributed by atoms with Crippen molar-refractivity contribution in [3.05, 3.63) is 35.4 Å². The Morgan fingerprint density at radius 2 is 1.89 bits per heavy atom. The molecule has 1 unspecified atom stereocenters. The van der Waals surface area contributed by atoms with Crippen LogP contribution in [-0.2, 0) is 0 Å². The molecule has 4 heteroatoms. The van der Waals surface area contributed by atoms with E-state index in [9.17, 15) is 13.6 Å². The molecule has 106 valence electrons. The molecule has 0 spiro atoms. The number of rotatable bonds is 6. The highest BCUT2D eigenvalue weighted by Crippen LogP contribution is 2.13. The number of Topliss-reactive ketones (excluding diaryl/α,β-unsaturated/α-hetero) is 1. The Bertz CT molecular complexity index is 446. The van der Waals surface area contributed by atoms with Crippen LogP contribution in [0.4, 0.5) is 8.78 Å². The van der Waals surface area contributed by atoms with Gasteiger partial charge in [-0.3, -0.25) is 9.69 Å². The fraction of sp³-hybridized carbons (Fsp3) is 0.533. The molecule has 0 bridgehead atoms. The van der Waals surface area contributed by atoms with E-state index in [2.05, 4.69) is 13.8 Å². The molecule has 0 N–H and O–H groups in total. The van der Waals surface area contributed by atoms with Crippen molar-refractivity contribution < 1.29 is 13.6 Å². The summed E-state index contributed by atoms with van der Waals surface area (Å²) in [6, 6.07) is 3.29. The molecule has 0 radical (unpaired) electrons. The molecule has 2 nitrogen and oxygen atoms in total. The van der Waals surface area contributed by atoms with Gasteiger partial charge in [-0.05, 0) is 38.4 Å². The highest BCUT2D eigenvalue weighted by molar-refractivity contribution is 5.97. The first-order valence-corrected chi connectivity index (χ1v) is 6.49. The minimum atomic E-state index is -0.796. The molecule has 19 heavy (non-hydrogen) atoms. The van der Waals surface area contributed by atoms with Gasteiger partial charge in [-0.1, -0.05) is 13.8 Å². The van der Waals surface area contributed by atoms with Crippen LogP contribution in [0, 0.1) is 17.6 Å². The summed E-state index contributed by atoms with van der Waals surface area (Å²) in [6.07, 6.45) is 0.968. The number of carbonyl (C=O) groups excluding carboxylic acids is 1. The lowest BCUT2D eigenvalue weighted by molar-refractivity contribution is 0.0912. The van der Waals surface area contributed by atoms with Gasteiger partial charge in [-0.15, -0.1) is 0 Å². The van der Waals surface area contributed by atoms with E-state index in [4.69, 9.17) is 0 Å². The van der Waals surface area contributed by atoms with E-state index in [1.807, 2.05) is 18.9 Å². The predicted octanol–water partition coefficient (Wildman–Crippen LogP) is 3.51. The lowest BCUT2D eigenvalue weighted by Gasteiger charge is -2.25. The third-order valence-corrected chi connectivity index (χ3v) is 3.19. The Hall–Kier alpha value is -1.29. The summed E-state index contributed by atoms with van der Waals surface area (Å²) < 4.78 is 26.3. The first-order chi connectivity index (χ1) is 8.81. The molecule has 0 fully saturated rings. The number of carbonyl (C=O) groups is 1. The zero-order valence-electron chi connectivity index (χ0n) is 11.9. The molecule has 0 saturated carbocycles. The lowest BCUT2D eigenvalue weighted by Crippen LogP contribution is -2.35. The molecule has 0 aliphatic heterocycles. The average molecular weight is 269 g/mol. The smallest absolute Gasteiger partial charge is 0.179 e. The predicted molar refractivity (Wildman–Crippen MR) is 72.2 cm³/mol. The molecule has 0 aliphatic carbocycles. The fourth-order valence-electron chi connectivity index (χ4n) is 2.05. The molecular formula is C15H21F2NO. The standard InChI is InChI=1S/C15H21F2NO/c1-10(2)7-11(3)18(4)9-15(19)13-6-5-12(16)8-14(13)17/h5-6,8,10-11H,7,9H2,1-4H3. The maximum atomic E-state index is 13.5. The second-order valence-corrected chi connectivity index (χ2v) is 5.44. The molecule has 1 aromatic rings. The van der Waals surface area contributed by atoms with Crippen LogP contribution in [0.25, 0.3) is 0 Å². The average Bonchev–Trinajstić information content (AvgIpc) is 2.27. The molecule has 1 aromatic carbocycles. The zero-order chi connectivity index (χ0) is 14.6. The first kappa shape index (κ1) is 15.8. The van der Waals surface area contributed by atoms with E-state index in [0.717, 1.165) is 18.6 Å². The van der Waals surface area contributed by atoms with E-state index in [0.29, 0.717) is 5.92 Å². The van der Waals surface area contributed by atoms with Gasteiger partial charge in [0.2, 0.25) is 0 Å². The van der Waals surface area contributed by atoms with E-state index >= 15 is 0 Å². The third-order valence-electron chi connectivity index (χ3n) is 3.19. The first-order valence-electron chi connectivity index (χ1n) is 6.49.